The summed E-state index contributed by atoms with van der Waals surface area (Å²) >= 11 is 12.0. The second-order valence-electron chi connectivity index (χ2n) is 5.48. The van der Waals surface area contributed by atoms with Crippen LogP contribution >= 0.6 is 23.2 Å². The van der Waals surface area contributed by atoms with Gasteiger partial charge in [-0.25, -0.2) is 9.48 Å². The highest BCUT2D eigenvalue weighted by Gasteiger charge is 2.26. The van der Waals surface area contributed by atoms with Crippen molar-refractivity contribution in [2.75, 3.05) is 13.2 Å². The van der Waals surface area contributed by atoms with Crippen LogP contribution in [0.15, 0.2) is 30.5 Å². The SMILES string of the molecule is C[C@@H](OC(=O)c1ccn(-c2ccc(Cl)cc2Cl)n1)[C@H]1CCOC1. The standard InChI is InChI=1S/C16H16Cl2N2O3/c1-10(11-5-7-22-9-11)23-16(21)14-4-6-20(19-14)15-3-2-12(17)8-13(15)18/h2-4,6,8,10-11H,5,7,9H2,1H3/t10-,11+/m1/s1. The minimum Gasteiger partial charge on any atom is -0.458 e. The maximum absolute atomic E-state index is 12.2. The van der Waals surface area contributed by atoms with E-state index in [9.17, 15) is 4.79 Å². The number of hydrogen-bond donors (Lipinski definition) is 0. The van der Waals surface area contributed by atoms with Crippen LogP contribution in [0, 0.1) is 5.92 Å². The van der Waals surface area contributed by atoms with E-state index in [1.165, 1.54) is 4.68 Å². The molecule has 7 heteroatoms. The molecular formula is C16H16Cl2N2O3. The predicted octanol–water partition coefficient (Wildman–Crippen LogP) is 3.76. The smallest absolute Gasteiger partial charge is 0.359 e. The number of carbonyl (C=O) groups is 1. The predicted molar refractivity (Wildman–Crippen MR) is 87.4 cm³/mol. The maximum Gasteiger partial charge on any atom is 0.359 e. The summed E-state index contributed by atoms with van der Waals surface area (Å²) in [4.78, 5) is 12.2. The van der Waals surface area contributed by atoms with Crippen molar-refractivity contribution in [2.45, 2.75) is 19.4 Å². The van der Waals surface area contributed by atoms with Crippen molar-refractivity contribution in [3.05, 3.63) is 46.2 Å². The van der Waals surface area contributed by atoms with E-state index in [1.807, 2.05) is 6.92 Å². The summed E-state index contributed by atoms with van der Waals surface area (Å²) in [5, 5.41) is 5.23. The molecule has 1 aromatic heterocycles. The summed E-state index contributed by atoms with van der Waals surface area (Å²) in [5.41, 5.74) is 0.883. The molecule has 0 radical (unpaired) electrons. The molecule has 3 rings (SSSR count). The van der Waals surface area contributed by atoms with E-state index in [2.05, 4.69) is 5.10 Å². The second kappa shape index (κ2) is 6.91. The quantitative estimate of drug-likeness (QED) is 0.784. The van der Waals surface area contributed by atoms with E-state index >= 15 is 0 Å². The van der Waals surface area contributed by atoms with Gasteiger partial charge in [0.1, 0.15) is 6.10 Å². The van der Waals surface area contributed by atoms with Crippen molar-refractivity contribution in [2.24, 2.45) is 5.92 Å². The van der Waals surface area contributed by atoms with Gasteiger partial charge in [-0.3, -0.25) is 0 Å². The van der Waals surface area contributed by atoms with Crippen LogP contribution in [-0.2, 0) is 9.47 Å². The van der Waals surface area contributed by atoms with Crippen LogP contribution in [0.5, 0.6) is 0 Å². The Morgan fingerprint density at radius 3 is 2.96 bits per heavy atom. The Bertz CT molecular complexity index is 711. The van der Waals surface area contributed by atoms with Crippen LogP contribution in [0.1, 0.15) is 23.8 Å². The van der Waals surface area contributed by atoms with Crippen molar-refractivity contribution in [1.29, 1.82) is 0 Å². The van der Waals surface area contributed by atoms with Crippen molar-refractivity contribution in [3.63, 3.8) is 0 Å². The van der Waals surface area contributed by atoms with Crippen molar-refractivity contribution < 1.29 is 14.3 Å². The lowest BCUT2D eigenvalue weighted by Crippen LogP contribution is -2.24. The average molecular weight is 355 g/mol. The fourth-order valence-electron chi connectivity index (χ4n) is 2.48. The van der Waals surface area contributed by atoms with Crippen LogP contribution in [0.2, 0.25) is 10.0 Å². The third-order valence-electron chi connectivity index (χ3n) is 3.88. The van der Waals surface area contributed by atoms with Crippen LogP contribution in [0.25, 0.3) is 5.69 Å². The van der Waals surface area contributed by atoms with E-state index in [0.717, 1.165) is 13.0 Å². The Balaban J connectivity index is 1.72. The highest BCUT2D eigenvalue weighted by molar-refractivity contribution is 6.35. The average Bonchev–Trinajstić information content (AvgIpc) is 3.19. The number of benzene rings is 1. The molecule has 0 bridgehead atoms. The number of halogens is 2. The molecule has 1 saturated heterocycles. The Hall–Kier alpha value is -1.56. The van der Waals surface area contributed by atoms with Gasteiger partial charge in [-0.05, 0) is 37.6 Å². The molecule has 0 aliphatic carbocycles. The Morgan fingerprint density at radius 1 is 1.43 bits per heavy atom. The van der Waals surface area contributed by atoms with Gasteiger partial charge in [0.15, 0.2) is 5.69 Å². The molecule has 0 N–H and O–H groups in total. The molecule has 1 fully saturated rings. The Kier molecular flexibility index (Phi) is 4.90. The van der Waals surface area contributed by atoms with E-state index < -0.39 is 5.97 Å². The van der Waals surface area contributed by atoms with E-state index in [4.69, 9.17) is 32.7 Å². The fourth-order valence-corrected chi connectivity index (χ4v) is 2.98. The number of nitrogens with zero attached hydrogens (tertiary/aromatic N) is 2. The number of ether oxygens (including phenoxy) is 2. The van der Waals surface area contributed by atoms with Gasteiger partial charge < -0.3 is 9.47 Å². The van der Waals surface area contributed by atoms with Gasteiger partial charge in [0.2, 0.25) is 0 Å². The molecule has 122 valence electrons. The van der Waals surface area contributed by atoms with Crippen molar-refractivity contribution in [1.82, 2.24) is 9.78 Å². The topological polar surface area (TPSA) is 53.4 Å². The molecule has 5 nitrogen and oxygen atoms in total. The molecule has 1 aliphatic rings. The highest BCUT2D eigenvalue weighted by atomic mass is 35.5. The first-order valence-corrected chi connectivity index (χ1v) is 8.10. The molecule has 2 heterocycles. The van der Waals surface area contributed by atoms with Crippen LogP contribution in [0.4, 0.5) is 0 Å². The number of rotatable bonds is 4. The summed E-state index contributed by atoms with van der Waals surface area (Å²) in [7, 11) is 0. The normalized spacial score (nSPS) is 18.8. The fraction of sp³-hybridized carbons (Fsp3) is 0.375. The van der Waals surface area contributed by atoms with Crippen molar-refractivity contribution in [3.8, 4) is 5.69 Å². The summed E-state index contributed by atoms with van der Waals surface area (Å²) in [6, 6.07) is 6.68. The molecule has 2 aromatic rings. The third kappa shape index (κ3) is 3.68. The highest BCUT2D eigenvalue weighted by Crippen LogP contribution is 2.24. The van der Waals surface area contributed by atoms with Crippen molar-refractivity contribution >= 4 is 29.2 Å². The van der Waals surface area contributed by atoms with Crippen LogP contribution in [-0.4, -0.2) is 35.1 Å². The number of hydrogen-bond acceptors (Lipinski definition) is 4. The first kappa shape index (κ1) is 16.3. The third-order valence-corrected chi connectivity index (χ3v) is 4.41. The van der Waals surface area contributed by atoms with Crippen LogP contribution in [0.3, 0.4) is 0 Å². The monoisotopic (exact) mass is 354 g/mol. The second-order valence-corrected chi connectivity index (χ2v) is 6.32. The van der Waals surface area contributed by atoms with E-state index in [1.54, 1.807) is 30.5 Å². The lowest BCUT2D eigenvalue weighted by atomic mass is 10.0. The number of aromatic nitrogens is 2. The Labute approximate surface area is 144 Å². The Morgan fingerprint density at radius 2 is 2.26 bits per heavy atom. The largest absolute Gasteiger partial charge is 0.458 e. The van der Waals surface area contributed by atoms with Gasteiger partial charge >= 0.3 is 5.97 Å². The van der Waals surface area contributed by atoms with Gasteiger partial charge in [-0.2, -0.15) is 5.10 Å². The minimum absolute atomic E-state index is 0.200. The van der Waals surface area contributed by atoms with Gasteiger partial charge in [0, 0.05) is 23.7 Å². The first-order chi connectivity index (χ1) is 11.0. The molecule has 0 amide bonds. The van der Waals surface area contributed by atoms with Gasteiger partial charge in [-0.15, -0.1) is 0 Å². The molecule has 2 atom stereocenters. The summed E-state index contributed by atoms with van der Waals surface area (Å²) < 4.78 is 12.3. The lowest BCUT2D eigenvalue weighted by molar-refractivity contribution is 0.0173. The molecule has 1 aromatic carbocycles. The minimum atomic E-state index is -0.451. The number of carbonyl (C=O) groups excluding carboxylic acids is 1. The van der Waals surface area contributed by atoms with Crippen LogP contribution < -0.4 is 0 Å². The molecule has 0 saturated carbocycles. The maximum atomic E-state index is 12.2. The molecule has 1 aliphatic heterocycles. The van der Waals surface area contributed by atoms with Gasteiger partial charge in [0.25, 0.3) is 0 Å². The summed E-state index contributed by atoms with van der Waals surface area (Å²) in [6.45, 7) is 3.23. The van der Waals surface area contributed by atoms with E-state index in [-0.39, 0.29) is 17.7 Å². The zero-order valence-electron chi connectivity index (χ0n) is 12.5. The summed E-state index contributed by atoms with van der Waals surface area (Å²) in [5.74, 6) is -0.208. The van der Waals surface area contributed by atoms with Gasteiger partial charge in [0.05, 0.1) is 17.3 Å². The zero-order valence-corrected chi connectivity index (χ0v) is 14.0. The molecule has 0 unspecified atom stereocenters. The molecule has 23 heavy (non-hydrogen) atoms. The number of esters is 1. The first-order valence-electron chi connectivity index (χ1n) is 7.34. The summed E-state index contributed by atoms with van der Waals surface area (Å²) in [6.07, 6.45) is 2.37. The molecular weight excluding hydrogens is 339 g/mol. The lowest BCUT2D eigenvalue weighted by Gasteiger charge is -2.17. The molecule has 0 spiro atoms. The zero-order chi connectivity index (χ0) is 16.4. The van der Waals surface area contributed by atoms with E-state index in [0.29, 0.717) is 22.3 Å². The van der Waals surface area contributed by atoms with Gasteiger partial charge in [-0.1, -0.05) is 23.2 Å².